The Kier molecular flexibility index (Phi) is 8.65. The number of carbonyl (C=O) groups is 2. The van der Waals surface area contributed by atoms with Gasteiger partial charge in [-0.05, 0) is 45.0 Å². The van der Waals surface area contributed by atoms with Crippen LogP contribution in [0.25, 0.3) is 10.9 Å². The maximum Gasteiger partial charge on any atom is 0.233 e. The molecule has 0 radical (unpaired) electrons. The third-order valence-electron chi connectivity index (χ3n) is 5.57. The molecule has 2 aromatic carbocycles. The van der Waals surface area contributed by atoms with E-state index >= 15 is 0 Å². The van der Waals surface area contributed by atoms with E-state index in [-0.39, 0.29) is 23.8 Å². The number of hydrogen-bond acceptors (Lipinski definition) is 8. The van der Waals surface area contributed by atoms with Crippen LogP contribution in [0.3, 0.4) is 0 Å². The van der Waals surface area contributed by atoms with Gasteiger partial charge in [0.25, 0.3) is 0 Å². The van der Waals surface area contributed by atoms with Crippen molar-refractivity contribution in [3.8, 4) is 11.5 Å². The van der Waals surface area contributed by atoms with Gasteiger partial charge in [0.2, 0.25) is 11.8 Å². The van der Waals surface area contributed by atoms with Crippen molar-refractivity contribution >= 4 is 39.9 Å². The molecule has 0 saturated heterocycles. The Balaban J connectivity index is 1.71. The molecular formula is C26H33N5O5. The average Bonchev–Trinajstić information content (AvgIpc) is 2.83. The van der Waals surface area contributed by atoms with Crippen molar-refractivity contribution in [3.05, 3.63) is 42.7 Å². The number of carbonyl (C=O) groups excluding carboxylic acids is 2. The number of hydrogen-bond donors (Lipinski definition) is 2. The highest BCUT2D eigenvalue weighted by Crippen LogP contribution is 2.35. The minimum absolute atomic E-state index is 0.225. The van der Waals surface area contributed by atoms with Gasteiger partial charge in [-0.2, -0.15) is 0 Å². The molecule has 2 N–H and O–H groups in total. The largest absolute Gasteiger partial charge is 0.496 e. The molecule has 0 fully saturated rings. The molecular weight excluding hydrogens is 462 g/mol. The minimum atomic E-state index is -0.369. The molecule has 3 rings (SSSR count). The average molecular weight is 496 g/mol. The summed E-state index contributed by atoms with van der Waals surface area (Å²) in [6.07, 6.45) is 1.24. The standard InChI is InChI=1S/C26H33N5O5/c1-26(2,3)31(4)23(33)15-22(32)29-17-7-9-18(10-8-17)30-25-24-20(27-16-28-25)13-19(14-21(24)35-6)36-12-11-34-5/h7-10,13-14,16H,11-12,15H2,1-6H3,(H,29,32)(H,27,28,30). The first-order valence-electron chi connectivity index (χ1n) is 11.5. The first kappa shape index (κ1) is 26.7. The summed E-state index contributed by atoms with van der Waals surface area (Å²) in [6, 6.07) is 10.7. The topological polar surface area (TPSA) is 115 Å². The zero-order chi connectivity index (χ0) is 26.3. The molecule has 0 atom stereocenters. The summed E-state index contributed by atoms with van der Waals surface area (Å²) < 4.78 is 16.3. The van der Waals surface area contributed by atoms with E-state index in [0.717, 1.165) is 5.69 Å². The molecule has 2 amide bonds. The summed E-state index contributed by atoms with van der Waals surface area (Å²) >= 11 is 0. The van der Waals surface area contributed by atoms with E-state index in [0.29, 0.717) is 47.1 Å². The van der Waals surface area contributed by atoms with E-state index in [2.05, 4.69) is 20.6 Å². The number of methoxy groups -OCH3 is 2. The van der Waals surface area contributed by atoms with Crippen LogP contribution in [0, 0.1) is 0 Å². The Morgan fingerprint density at radius 1 is 1.00 bits per heavy atom. The Morgan fingerprint density at radius 3 is 2.33 bits per heavy atom. The number of amides is 2. The van der Waals surface area contributed by atoms with Crippen LogP contribution in [0.2, 0.25) is 0 Å². The highest BCUT2D eigenvalue weighted by Gasteiger charge is 2.24. The molecule has 0 bridgehead atoms. The number of benzene rings is 2. The monoisotopic (exact) mass is 495 g/mol. The minimum Gasteiger partial charge on any atom is -0.496 e. The number of nitrogens with one attached hydrogen (secondary N) is 2. The number of anilines is 3. The normalized spacial score (nSPS) is 11.2. The molecule has 3 aromatic rings. The fourth-order valence-corrected chi connectivity index (χ4v) is 3.32. The van der Waals surface area contributed by atoms with Crippen molar-refractivity contribution < 1.29 is 23.8 Å². The maximum atomic E-state index is 12.3. The van der Waals surface area contributed by atoms with Crippen molar-refractivity contribution in [2.75, 3.05) is 45.1 Å². The molecule has 0 aliphatic rings. The summed E-state index contributed by atoms with van der Waals surface area (Å²) in [7, 11) is 4.88. The number of rotatable bonds is 10. The van der Waals surface area contributed by atoms with Gasteiger partial charge in [-0.3, -0.25) is 9.59 Å². The second-order valence-corrected chi connectivity index (χ2v) is 9.13. The Morgan fingerprint density at radius 2 is 1.69 bits per heavy atom. The molecule has 0 aliphatic carbocycles. The van der Waals surface area contributed by atoms with Crippen LogP contribution in [-0.2, 0) is 14.3 Å². The molecule has 10 heteroatoms. The van der Waals surface area contributed by atoms with Gasteiger partial charge in [0.1, 0.15) is 36.7 Å². The van der Waals surface area contributed by atoms with Crippen LogP contribution in [-0.4, -0.2) is 66.7 Å². The van der Waals surface area contributed by atoms with Gasteiger partial charge in [0.15, 0.2) is 0 Å². The molecule has 0 unspecified atom stereocenters. The molecule has 192 valence electrons. The van der Waals surface area contributed by atoms with Crippen LogP contribution < -0.4 is 20.1 Å². The van der Waals surface area contributed by atoms with Crippen molar-refractivity contribution in [1.29, 1.82) is 0 Å². The summed E-state index contributed by atoms with van der Waals surface area (Å²) in [4.78, 5) is 35.0. The van der Waals surface area contributed by atoms with Crippen molar-refractivity contribution in [3.63, 3.8) is 0 Å². The van der Waals surface area contributed by atoms with Crippen LogP contribution in [0.5, 0.6) is 11.5 Å². The Labute approximate surface area is 211 Å². The smallest absolute Gasteiger partial charge is 0.233 e. The lowest BCUT2D eigenvalue weighted by molar-refractivity contribution is -0.136. The summed E-state index contributed by atoms with van der Waals surface area (Å²) in [5.41, 5.74) is 1.64. The zero-order valence-electron chi connectivity index (χ0n) is 21.5. The van der Waals surface area contributed by atoms with Crippen molar-refractivity contribution in [1.82, 2.24) is 14.9 Å². The first-order valence-corrected chi connectivity index (χ1v) is 11.5. The van der Waals surface area contributed by atoms with Crippen LogP contribution in [0.4, 0.5) is 17.2 Å². The third kappa shape index (κ3) is 6.82. The van der Waals surface area contributed by atoms with Gasteiger partial charge in [-0.1, -0.05) is 0 Å². The number of nitrogens with zero attached hydrogens (tertiary/aromatic N) is 3. The Bertz CT molecular complexity index is 1210. The lowest BCUT2D eigenvalue weighted by Crippen LogP contribution is -2.43. The zero-order valence-corrected chi connectivity index (χ0v) is 21.5. The van der Waals surface area contributed by atoms with E-state index in [4.69, 9.17) is 14.2 Å². The van der Waals surface area contributed by atoms with Crippen LogP contribution in [0.1, 0.15) is 27.2 Å². The molecule has 0 spiro atoms. The first-order chi connectivity index (χ1) is 17.1. The summed E-state index contributed by atoms with van der Waals surface area (Å²) in [5.74, 6) is 1.14. The maximum absolute atomic E-state index is 12.3. The van der Waals surface area contributed by atoms with E-state index in [1.165, 1.54) is 6.33 Å². The van der Waals surface area contributed by atoms with Gasteiger partial charge in [-0.15, -0.1) is 0 Å². The van der Waals surface area contributed by atoms with E-state index < -0.39 is 0 Å². The molecule has 0 aliphatic heterocycles. The van der Waals surface area contributed by atoms with E-state index in [9.17, 15) is 9.59 Å². The molecule has 36 heavy (non-hydrogen) atoms. The predicted octanol–water partition coefficient (Wildman–Crippen LogP) is 3.99. The van der Waals surface area contributed by atoms with Gasteiger partial charge >= 0.3 is 0 Å². The lowest BCUT2D eigenvalue weighted by Gasteiger charge is -2.31. The molecule has 1 aromatic heterocycles. The predicted molar refractivity (Wildman–Crippen MR) is 139 cm³/mol. The van der Waals surface area contributed by atoms with Gasteiger partial charge in [0, 0.05) is 43.2 Å². The fourth-order valence-electron chi connectivity index (χ4n) is 3.32. The number of ether oxygens (including phenoxy) is 3. The highest BCUT2D eigenvalue weighted by molar-refractivity contribution is 6.03. The van der Waals surface area contributed by atoms with E-state index in [1.54, 1.807) is 56.5 Å². The van der Waals surface area contributed by atoms with Crippen molar-refractivity contribution in [2.45, 2.75) is 32.7 Å². The summed E-state index contributed by atoms with van der Waals surface area (Å²) in [5, 5.41) is 6.74. The highest BCUT2D eigenvalue weighted by atomic mass is 16.5. The van der Waals surface area contributed by atoms with Crippen molar-refractivity contribution in [2.24, 2.45) is 0 Å². The van der Waals surface area contributed by atoms with Gasteiger partial charge in [0.05, 0.1) is 24.6 Å². The molecule has 10 nitrogen and oxygen atoms in total. The second-order valence-electron chi connectivity index (χ2n) is 9.13. The van der Waals surface area contributed by atoms with Gasteiger partial charge in [-0.25, -0.2) is 9.97 Å². The number of fused-ring (bicyclic) bond motifs is 1. The van der Waals surface area contributed by atoms with E-state index in [1.807, 2.05) is 26.8 Å². The van der Waals surface area contributed by atoms with Crippen LogP contribution >= 0.6 is 0 Å². The number of aromatic nitrogens is 2. The quantitative estimate of drug-likeness (QED) is 0.320. The summed E-state index contributed by atoms with van der Waals surface area (Å²) in [6.45, 7) is 6.63. The molecule has 1 heterocycles. The lowest BCUT2D eigenvalue weighted by atomic mass is 10.1. The Hall–Kier alpha value is -3.92. The van der Waals surface area contributed by atoms with Gasteiger partial charge < -0.3 is 29.7 Å². The SMILES string of the molecule is COCCOc1cc(OC)c2c(Nc3ccc(NC(=O)CC(=O)N(C)C(C)(C)C)cc3)ncnc2c1. The fraction of sp³-hybridized carbons (Fsp3) is 0.385. The van der Waals surface area contributed by atoms with Crippen LogP contribution in [0.15, 0.2) is 42.7 Å². The third-order valence-corrected chi connectivity index (χ3v) is 5.57. The second kappa shape index (κ2) is 11.7. The molecule has 0 saturated carbocycles.